The van der Waals surface area contributed by atoms with E-state index in [1.807, 2.05) is 0 Å². The summed E-state index contributed by atoms with van der Waals surface area (Å²) in [6, 6.07) is 0.00542. The maximum Gasteiger partial charge on any atom is 0.411 e. The summed E-state index contributed by atoms with van der Waals surface area (Å²) < 4.78 is 5.38. The third-order valence-corrected chi connectivity index (χ3v) is 3.53. The Morgan fingerprint density at radius 2 is 1.68 bits per heavy atom. The van der Waals surface area contributed by atoms with Crippen molar-refractivity contribution >= 4 is 12.1 Å². The van der Waals surface area contributed by atoms with Crippen LogP contribution in [-0.4, -0.2) is 39.3 Å². The molecule has 0 radical (unpaired) electrons. The molecule has 1 fully saturated rings. The molecule has 1 rings (SSSR count). The number of carboxylic acids is 1. The lowest BCUT2D eigenvalue weighted by molar-refractivity contribution is -0.152. The van der Waals surface area contributed by atoms with Gasteiger partial charge in [-0.1, -0.05) is 13.8 Å². The highest BCUT2D eigenvalue weighted by molar-refractivity contribution is 5.85. The van der Waals surface area contributed by atoms with Gasteiger partial charge in [0.1, 0.15) is 11.1 Å². The van der Waals surface area contributed by atoms with E-state index in [0.717, 1.165) is 12.8 Å². The quantitative estimate of drug-likeness (QED) is 0.834. The second kappa shape index (κ2) is 5.39. The largest absolute Gasteiger partial charge is 0.479 e. The summed E-state index contributed by atoms with van der Waals surface area (Å²) in [5.41, 5.74) is -1.76. The van der Waals surface area contributed by atoms with Gasteiger partial charge in [-0.25, -0.2) is 9.59 Å². The third-order valence-electron chi connectivity index (χ3n) is 3.53. The average Bonchev–Trinajstić information content (AvgIpc) is 3.06. The number of hydrogen-bond donors (Lipinski definition) is 1. The Morgan fingerprint density at radius 1 is 1.21 bits per heavy atom. The van der Waals surface area contributed by atoms with E-state index in [4.69, 9.17) is 4.74 Å². The molecule has 0 saturated heterocycles. The molecule has 0 aromatic heterocycles. The van der Waals surface area contributed by atoms with Crippen molar-refractivity contribution in [3.8, 4) is 0 Å². The van der Waals surface area contributed by atoms with E-state index < -0.39 is 23.2 Å². The number of nitrogens with zero attached hydrogens (tertiary/aromatic N) is 1. The van der Waals surface area contributed by atoms with Crippen molar-refractivity contribution < 1.29 is 19.4 Å². The monoisotopic (exact) mass is 271 g/mol. The summed E-state index contributed by atoms with van der Waals surface area (Å²) in [6.07, 6.45) is 1.97. The van der Waals surface area contributed by atoms with Gasteiger partial charge in [0.25, 0.3) is 0 Å². The molecule has 1 amide bonds. The zero-order valence-corrected chi connectivity index (χ0v) is 12.5. The summed E-state index contributed by atoms with van der Waals surface area (Å²) in [5.74, 6) is -0.949. The van der Waals surface area contributed by atoms with Crippen LogP contribution in [0.2, 0.25) is 0 Å². The van der Waals surface area contributed by atoms with Gasteiger partial charge in [0.05, 0.1) is 0 Å². The molecule has 0 heterocycles. The zero-order valence-electron chi connectivity index (χ0n) is 12.5. The first-order valence-electron chi connectivity index (χ1n) is 6.93. The normalized spacial score (nSPS) is 16.1. The van der Waals surface area contributed by atoms with Crippen molar-refractivity contribution in [2.75, 3.05) is 0 Å². The van der Waals surface area contributed by atoms with Crippen LogP contribution in [0.5, 0.6) is 0 Å². The number of carboxylic acid groups (broad SMARTS) is 1. The van der Waals surface area contributed by atoms with E-state index in [9.17, 15) is 14.7 Å². The molecule has 0 atom stereocenters. The number of rotatable bonds is 5. The van der Waals surface area contributed by atoms with Gasteiger partial charge >= 0.3 is 12.1 Å². The molecule has 0 aliphatic heterocycles. The van der Waals surface area contributed by atoms with Crippen LogP contribution in [0, 0.1) is 0 Å². The first-order valence-corrected chi connectivity index (χ1v) is 6.93. The Bertz CT molecular complexity index is 351. The summed E-state index contributed by atoms with van der Waals surface area (Å²) >= 11 is 0. The standard InChI is InChI=1S/C14H25NO4/c1-6-14(7-2,11(16)17)15(10-8-9-10)12(18)19-13(3,4)5/h10H,6-9H2,1-5H3,(H,16,17). The maximum atomic E-state index is 12.3. The number of aliphatic carboxylic acids is 1. The summed E-state index contributed by atoms with van der Waals surface area (Å²) in [7, 11) is 0. The first kappa shape index (κ1) is 15.8. The smallest absolute Gasteiger partial charge is 0.411 e. The number of carbonyl (C=O) groups excluding carboxylic acids is 1. The van der Waals surface area contributed by atoms with Crippen LogP contribution < -0.4 is 0 Å². The van der Waals surface area contributed by atoms with Crippen LogP contribution in [0.4, 0.5) is 4.79 Å². The predicted molar refractivity (Wildman–Crippen MR) is 72.0 cm³/mol. The van der Waals surface area contributed by atoms with Crippen molar-refractivity contribution in [1.29, 1.82) is 0 Å². The van der Waals surface area contributed by atoms with E-state index in [1.165, 1.54) is 4.90 Å². The third kappa shape index (κ3) is 3.39. The van der Waals surface area contributed by atoms with E-state index in [1.54, 1.807) is 34.6 Å². The van der Waals surface area contributed by atoms with E-state index in [0.29, 0.717) is 12.8 Å². The van der Waals surface area contributed by atoms with Gasteiger partial charge in [0.2, 0.25) is 0 Å². The molecule has 1 N–H and O–H groups in total. The molecule has 0 aromatic rings. The van der Waals surface area contributed by atoms with Gasteiger partial charge < -0.3 is 9.84 Å². The van der Waals surface area contributed by atoms with Crippen LogP contribution in [0.25, 0.3) is 0 Å². The van der Waals surface area contributed by atoms with Gasteiger partial charge in [-0.3, -0.25) is 4.90 Å². The summed E-state index contributed by atoms with van der Waals surface area (Å²) in [6.45, 7) is 8.97. The van der Waals surface area contributed by atoms with Crippen molar-refractivity contribution in [1.82, 2.24) is 4.90 Å². The minimum Gasteiger partial charge on any atom is -0.479 e. The lowest BCUT2D eigenvalue weighted by atomic mass is 9.90. The molecular weight excluding hydrogens is 246 g/mol. The molecule has 5 nitrogen and oxygen atoms in total. The van der Waals surface area contributed by atoms with Crippen LogP contribution >= 0.6 is 0 Å². The van der Waals surface area contributed by atoms with Crippen LogP contribution in [-0.2, 0) is 9.53 Å². The lowest BCUT2D eigenvalue weighted by Crippen LogP contribution is -2.58. The van der Waals surface area contributed by atoms with Gasteiger partial charge in [-0.15, -0.1) is 0 Å². The van der Waals surface area contributed by atoms with Crippen molar-refractivity contribution in [2.24, 2.45) is 0 Å². The minimum absolute atomic E-state index is 0.00542. The fourth-order valence-electron chi connectivity index (χ4n) is 2.31. The van der Waals surface area contributed by atoms with Gasteiger partial charge in [0.15, 0.2) is 0 Å². The highest BCUT2D eigenvalue weighted by Crippen LogP contribution is 2.38. The lowest BCUT2D eigenvalue weighted by Gasteiger charge is -2.40. The Balaban J connectivity index is 3.05. The Kier molecular flexibility index (Phi) is 4.48. The van der Waals surface area contributed by atoms with Gasteiger partial charge in [0, 0.05) is 6.04 Å². The van der Waals surface area contributed by atoms with Crippen molar-refractivity contribution in [2.45, 2.75) is 77.5 Å². The molecule has 0 aromatic carbocycles. The molecule has 0 bridgehead atoms. The highest BCUT2D eigenvalue weighted by Gasteiger charge is 2.51. The van der Waals surface area contributed by atoms with Crippen LogP contribution in [0.1, 0.15) is 60.3 Å². The number of carbonyl (C=O) groups is 2. The fraction of sp³-hybridized carbons (Fsp3) is 0.857. The van der Waals surface area contributed by atoms with Gasteiger partial charge in [-0.05, 0) is 46.5 Å². The molecule has 0 unspecified atom stereocenters. The molecule has 1 aliphatic carbocycles. The van der Waals surface area contributed by atoms with Crippen molar-refractivity contribution in [3.63, 3.8) is 0 Å². The molecular formula is C14H25NO4. The summed E-state index contributed by atoms with van der Waals surface area (Å²) in [5, 5.41) is 9.57. The highest BCUT2D eigenvalue weighted by atomic mass is 16.6. The maximum absolute atomic E-state index is 12.3. The van der Waals surface area contributed by atoms with Crippen molar-refractivity contribution in [3.05, 3.63) is 0 Å². The zero-order chi connectivity index (χ0) is 14.8. The molecule has 110 valence electrons. The molecule has 1 saturated carbocycles. The first-order chi connectivity index (χ1) is 8.68. The topological polar surface area (TPSA) is 66.8 Å². The molecule has 19 heavy (non-hydrogen) atoms. The van der Waals surface area contributed by atoms with Gasteiger partial charge in [-0.2, -0.15) is 0 Å². The van der Waals surface area contributed by atoms with E-state index in [2.05, 4.69) is 0 Å². The number of ether oxygens (including phenoxy) is 1. The Hall–Kier alpha value is -1.26. The predicted octanol–water partition coefficient (Wildman–Crippen LogP) is 3.03. The SMILES string of the molecule is CCC(CC)(C(=O)O)N(C(=O)OC(C)(C)C)C1CC1. The van der Waals surface area contributed by atoms with Crippen LogP contribution in [0.15, 0.2) is 0 Å². The Morgan fingerprint density at radius 3 is 1.95 bits per heavy atom. The van der Waals surface area contributed by atoms with E-state index >= 15 is 0 Å². The summed E-state index contributed by atoms with van der Waals surface area (Å²) in [4.78, 5) is 25.5. The number of hydrogen-bond acceptors (Lipinski definition) is 3. The molecule has 0 spiro atoms. The fourth-order valence-corrected chi connectivity index (χ4v) is 2.31. The average molecular weight is 271 g/mol. The minimum atomic E-state index is -1.15. The van der Waals surface area contributed by atoms with E-state index in [-0.39, 0.29) is 6.04 Å². The second-order valence-electron chi connectivity index (χ2n) is 6.13. The second-order valence-corrected chi connectivity index (χ2v) is 6.13. The number of amides is 1. The van der Waals surface area contributed by atoms with Crippen LogP contribution in [0.3, 0.4) is 0 Å². The molecule has 1 aliphatic rings. The Labute approximate surface area is 114 Å². The molecule has 5 heteroatoms.